The van der Waals surface area contributed by atoms with Crippen LogP contribution in [0.3, 0.4) is 0 Å². The van der Waals surface area contributed by atoms with E-state index in [2.05, 4.69) is 51.3 Å². The van der Waals surface area contributed by atoms with Crippen molar-refractivity contribution >= 4 is 0 Å². The Bertz CT molecular complexity index is 416. The second-order valence-electron chi connectivity index (χ2n) is 6.62. The number of benzene rings is 1. The molecule has 0 saturated heterocycles. The van der Waals surface area contributed by atoms with E-state index in [0.717, 1.165) is 11.8 Å². The lowest BCUT2D eigenvalue weighted by molar-refractivity contribution is 0.219. The molecule has 0 radical (unpaired) electrons. The van der Waals surface area contributed by atoms with Gasteiger partial charge in [0, 0.05) is 6.04 Å². The monoisotopic (exact) mass is 273 g/mol. The first-order valence-corrected chi connectivity index (χ1v) is 8.40. The van der Waals surface area contributed by atoms with E-state index in [-0.39, 0.29) is 0 Å². The molecule has 1 unspecified atom stereocenters. The highest BCUT2D eigenvalue weighted by Crippen LogP contribution is 2.39. The van der Waals surface area contributed by atoms with Crippen LogP contribution in [0.15, 0.2) is 18.2 Å². The zero-order valence-corrected chi connectivity index (χ0v) is 13.7. The van der Waals surface area contributed by atoms with E-state index in [1.807, 2.05) is 0 Å². The van der Waals surface area contributed by atoms with Gasteiger partial charge in [-0.1, -0.05) is 50.8 Å². The molecule has 0 spiro atoms. The molecular weight excluding hydrogens is 242 g/mol. The second-order valence-corrected chi connectivity index (χ2v) is 6.62. The molecule has 1 saturated carbocycles. The molecule has 1 aliphatic carbocycles. The van der Waals surface area contributed by atoms with E-state index in [0.29, 0.717) is 6.04 Å². The van der Waals surface area contributed by atoms with Crippen LogP contribution in [0.4, 0.5) is 0 Å². The van der Waals surface area contributed by atoms with Crippen molar-refractivity contribution in [1.29, 1.82) is 0 Å². The minimum atomic E-state index is 0.539. The Morgan fingerprint density at radius 3 is 2.45 bits per heavy atom. The van der Waals surface area contributed by atoms with Gasteiger partial charge in [0.15, 0.2) is 0 Å². The summed E-state index contributed by atoms with van der Waals surface area (Å²) in [7, 11) is 2.13. The quantitative estimate of drug-likeness (QED) is 0.780. The molecule has 0 amide bonds. The first-order valence-electron chi connectivity index (χ1n) is 8.40. The van der Waals surface area contributed by atoms with E-state index in [1.165, 1.54) is 55.2 Å². The Morgan fingerprint density at radius 2 is 1.85 bits per heavy atom. The molecule has 1 heteroatoms. The van der Waals surface area contributed by atoms with E-state index in [4.69, 9.17) is 0 Å². The number of hydrogen-bond donors (Lipinski definition) is 1. The molecule has 112 valence electrons. The van der Waals surface area contributed by atoms with Gasteiger partial charge < -0.3 is 5.32 Å². The molecule has 1 N–H and O–H groups in total. The first-order chi connectivity index (χ1) is 9.67. The zero-order chi connectivity index (χ0) is 14.5. The summed E-state index contributed by atoms with van der Waals surface area (Å²) in [6.07, 6.45) is 8.43. The van der Waals surface area contributed by atoms with Crippen LogP contribution < -0.4 is 5.32 Å². The molecule has 0 aliphatic heterocycles. The normalized spacial score (nSPS) is 24.6. The van der Waals surface area contributed by atoms with Crippen molar-refractivity contribution in [3.05, 3.63) is 34.9 Å². The largest absolute Gasteiger partial charge is 0.313 e. The van der Waals surface area contributed by atoms with Crippen molar-refractivity contribution in [1.82, 2.24) is 5.32 Å². The van der Waals surface area contributed by atoms with Crippen molar-refractivity contribution in [2.75, 3.05) is 7.05 Å². The molecule has 2 rings (SSSR count). The Morgan fingerprint density at radius 1 is 1.15 bits per heavy atom. The van der Waals surface area contributed by atoms with Gasteiger partial charge in [0.05, 0.1) is 0 Å². The lowest BCUT2D eigenvalue weighted by Crippen LogP contribution is -2.29. The molecule has 1 fully saturated rings. The highest BCUT2D eigenvalue weighted by Gasteiger charge is 2.28. The molecule has 0 heterocycles. The summed E-state index contributed by atoms with van der Waals surface area (Å²) in [6, 6.07) is 7.30. The molecule has 1 aromatic rings. The minimum Gasteiger partial charge on any atom is -0.313 e. The Balaban J connectivity index is 2.08. The molecule has 1 nitrogen and oxygen atoms in total. The zero-order valence-electron chi connectivity index (χ0n) is 13.7. The fraction of sp³-hybridized carbons (Fsp3) is 0.684. The lowest BCUT2D eigenvalue weighted by atomic mass is 9.75. The van der Waals surface area contributed by atoms with Gasteiger partial charge >= 0.3 is 0 Å². The van der Waals surface area contributed by atoms with Crippen LogP contribution in [0, 0.1) is 25.7 Å². The first kappa shape index (κ1) is 15.6. The fourth-order valence-corrected chi connectivity index (χ4v) is 3.97. The van der Waals surface area contributed by atoms with E-state index in [9.17, 15) is 0 Å². The summed E-state index contributed by atoms with van der Waals surface area (Å²) in [4.78, 5) is 0. The van der Waals surface area contributed by atoms with Gasteiger partial charge in [0.25, 0.3) is 0 Å². The summed E-state index contributed by atoms with van der Waals surface area (Å²) >= 11 is 0. The van der Waals surface area contributed by atoms with Gasteiger partial charge in [-0.25, -0.2) is 0 Å². The lowest BCUT2D eigenvalue weighted by Gasteiger charge is -2.35. The predicted molar refractivity (Wildman–Crippen MR) is 88.1 cm³/mol. The number of nitrogens with one attached hydrogen (secondary N) is 1. The molecule has 1 aromatic carbocycles. The summed E-state index contributed by atoms with van der Waals surface area (Å²) in [5.41, 5.74) is 4.41. The van der Waals surface area contributed by atoms with E-state index in [1.54, 1.807) is 0 Å². The van der Waals surface area contributed by atoms with Gasteiger partial charge in [-0.05, 0) is 62.3 Å². The van der Waals surface area contributed by atoms with Gasteiger partial charge in [-0.3, -0.25) is 0 Å². The molecule has 1 atom stereocenters. The molecule has 0 aromatic heterocycles. The average Bonchev–Trinajstić information content (AvgIpc) is 2.46. The Hall–Kier alpha value is -0.820. The van der Waals surface area contributed by atoms with Crippen molar-refractivity contribution < 1.29 is 0 Å². The molecule has 1 aliphatic rings. The van der Waals surface area contributed by atoms with Crippen LogP contribution in [0.5, 0.6) is 0 Å². The van der Waals surface area contributed by atoms with Gasteiger partial charge in [-0.2, -0.15) is 0 Å². The average molecular weight is 273 g/mol. The molecular formula is C19H31N. The number of hydrogen-bond acceptors (Lipinski definition) is 1. The maximum atomic E-state index is 3.60. The smallest absolute Gasteiger partial charge is 0.0348 e. The highest BCUT2D eigenvalue weighted by molar-refractivity contribution is 5.35. The summed E-state index contributed by atoms with van der Waals surface area (Å²) < 4.78 is 0. The van der Waals surface area contributed by atoms with Crippen molar-refractivity contribution in [2.45, 2.75) is 65.3 Å². The predicted octanol–water partition coefficient (Wildman–Crippen LogP) is 5.17. The van der Waals surface area contributed by atoms with Crippen molar-refractivity contribution in [3.63, 3.8) is 0 Å². The highest BCUT2D eigenvalue weighted by atomic mass is 14.9. The van der Waals surface area contributed by atoms with Crippen LogP contribution in [0.1, 0.15) is 68.2 Å². The third-order valence-electron chi connectivity index (χ3n) is 5.35. The number of aryl methyl sites for hydroxylation is 1. The number of rotatable bonds is 5. The Kier molecular flexibility index (Phi) is 5.65. The summed E-state index contributed by atoms with van der Waals surface area (Å²) in [5.74, 6) is 1.81. The summed E-state index contributed by atoms with van der Waals surface area (Å²) in [6.45, 7) is 6.82. The fourth-order valence-electron chi connectivity index (χ4n) is 3.97. The van der Waals surface area contributed by atoms with Crippen molar-refractivity contribution in [2.24, 2.45) is 11.8 Å². The third kappa shape index (κ3) is 3.44. The van der Waals surface area contributed by atoms with Crippen molar-refractivity contribution in [3.8, 4) is 0 Å². The van der Waals surface area contributed by atoms with Gasteiger partial charge in [-0.15, -0.1) is 0 Å². The second kappa shape index (κ2) is 7.26. The van der Waals surface area contributed by atoms with E-state index < -0.39 is 0 Å². The van der Waals surface area contributed by atoms with Gasteiger partial charge in [0.2, 0.25) is 0 Å². The van der Waals surface area contributed by atoms with Crippen LogP contribution in [0.25, 0.3) is 0 Å². The SMILES string of the molecule is CCCC1CCC(C(NC)c2cccc(C)c2C)CC1. The maximum absolute atomic E-state index is 3.60. The Labute approximate surface area is 125 Å². The van der Waals surface area contributed by atoms with Gasteiger partial charge in [0.1, 0.15) is 0 Å². The van der Waals surface area contributed by atoms with Crippen LogP contribution >= 0.6 is 0 Å². The summed E-state index contributed by atoms with van der Waals surface area (Å²) in [5, 5.41) is 3.60. The standard InChI is InChI=1S/C19H31N/c1-5-7-16-10-12-17(13-11-16)19(20-4)18-9-6-8-14(2)15(18)3/h6,8-9,16-17,19-20H,5,7,10-13H2,1-4H3. The van der Waals surface area contributed by atoms with Crippen LogP contribution in [0.2, 0.25) is 0 Å². The topological polar surface area (TPSA) is 12.0 Å². The van der Waals surface area contributed by atoms with Crippen LogP contribution in [-0.2, 0) is 0 Å². The maximum Gasteiger partial charge on any atom is 0.0348 e. The molecule has 20 heavy (non-hydrogen) atoms. The minimum absolute atomic E-state index is 0.539. The molecule has 0 bridgehead atoms. The third-order valence-corrected chi connectivity index (χ3v) is 5.35. The van der Waals surface area contributed by atoms with E-state index >= 15 is 0 Å². The van der Waals surface area contributed by atoms with Crippen LogP contribution in [-0.4, -0.2) is 7.05 Å².